The quantitative estimate of drug-likeness (QED) is 0.726. The summed E-state index contributed by atoms with van der Waals surface area (Å²) in [7, 11) is 3.05. The number of rotatable bonds is 6. The number of carbonyl (C=O) groups excluding carboxylic acids is 2. The van der Waals surface area contributed by atoms with Crippen molar-refractivity contribution in [2.24, 2.45) is 5.92 Å². The van der Waals surface area contributed by atoms with Gasteiger partial charge in [0.25, 0.3) is 0 Å². The Labute approximate surface area is 113 Å². The molecule has 104 valence electrons. The number of ether oxygens (including phenoxy) is 1. The van der Waals surface area contributed by atoms with Crippen LogP contribution in [-0.2, 0) is 20.7 Å². The van der Waals surface area contributed by atoms with E-state index in [1.54, 1.807) is 31.3 Å². The predicted octanol–water partition coefficient (Wildman–Crippen LogP) is 1.28. The summed E-state index contributed by atoms with van der Waals surface area (Å²) in [6, 6.07) is 3.79. The van der Waals surface area contributed by atoms with Crippen molar-refractivity contribution in [2.75, 3.05) is 20.7 Å². The smallest absolute Gasteiger partial charge is 0.310 e. The molecule has 0 aliphatic carbocycles. The number of hydrogen-bond donors (Lipinski definition) is 0. The SMILES string of the molecule is COC(=O)C(C)CN(C)C(=O)CCc1cccnc1. The van der Waals surface area contributed by atoms with Gasteiger partial charge in [-0.15, -0.1) is 0 Å². The second kappa shape index (κ2) is 7.51. The third-order valence-electron chi connectivity index (χ3n) is 2.93. The summed E-state index contributed by atoms with van der Waals surface area (Å²) in [6.07, 6.45) is 4.53. The van der Waals surface area contributed by atoms with Crippen LogP contribution >= 0.6 is 0 Å². The largest absolute Gasteiger partial charge is 0.469 e. The van der Waals surface area contributed by atoms with E-state index in [0.29, 0.717) is 19.4 Å². The van der Waals surface area contributed by atoms with Gasteiger partial charge in [-0.1, -0.05) is 13.0 Å². The Kier molecular flexibility index (Phi) is 5.99. The summed E-state index contributed by atoms with van der Waals surface area (Å²) in [5.74, 6) is -0.594. The Morgan fingerprint density at radius 1 is 1.47 bits per heavy atom. The number of hydrogen-bond acceptors (Lipinski definition) is 4. The summed E-state index contributed by atoms with van der Waals surface area (Å²) in [5, 5.41) is 0. The van der Waals surface area contributed by atoms with Crippen LogP contribution in [-0.4, -0.2) is 42.5 Å². The van der Waals surface area contributed by atoms with Gasteiger partial charge < -0.3 is 9.64 Å². The van der Waals surface area contributed by atoms with Gasteiger partial charge in [-0.05, 0) is 18.1 Å². The van der Waals surface area contributed by atoms with Crippen molar-refractivity contribution in [1.29, 1.82) is 0 Å². The molecular weight excluding hydrogens is 244 g/mol. The number of carbonyl (C=O) groups is 2. The molecule has 19 heavy (non-hydrogen) atoms. The van der Waals surface area contributed by atoms with E-state index in [2.05, 4.69) is 9.72 Å². The molecule has 5 heteroatoms. The topological polar surface area (TPSA) is 59.5 Å². The zero-order valence-corrected chi connectivity index (χ0v) is 11.6. The van der Waals surface area contributed by atoms with Crippen LogP contribution in [0.25, 0.3) is 0 Å². The van der Waals surface area contributed by atoms with E-state index in [-0.39, 0.29) is 17.8 Å². The maximum atomic E-state index is 11.9. The van der Waals surface area contributed by atoms with Crippen LogP contribution in [0.5, 0.6) is 0 Å². The van der Waals surface area contributed by atoms with Crippen molar-refractivity contribution in [3.63, 3.8) is 0 Å². The molecule has 0 fully saturated rings. The standard InChI is InChI=1S/C14H20N2O3/c1-11(14(18)19-3)10-16(2)13(17)7-6-12-5-4-8-15-9-12/h4-5,8-9,11H,6-7,10H2,1-3H3. The van der Waals surface area contributed by atoms with E-state index in [9.17, 15) is 9.59 Å². The molecule has 5 nitrogen and oxygen atoms in total. The molecule has 0 aliphatic rings. The fourth-order valence-electron chi connectivity index (χ4n) is 1.78. The second-order valence-electron chi connectivity index (χ2n) is 4.56. The van der Waals surface area contributed by atoms with Gasteiger partial charge in [-0.25, -0.2) is 0 Å². The molecule has 0 saturated carbocycles. The Bertz CT molecular complexity index is 420. The minimum atomic E-state index is -0.308. The molecule has 0 aromatic carbocycles. The van der Waals surface area contributed by atoms with Crippen LogP contribution < -0.4 is 0 Å². The molecule has 1 amide bonds. The molecular formula is C14H20N2O3. The fraction of sp³-hybridized carbons (Fsp3) is 0.500. The molecule has 1 aromatic rings. The molecule has 1 heterocycles. The lowest BCUT2D eigenvalue weighted by Gasteiger charge is -2.20. The van der Waals surface area contributed by atoms with Crippen LogP contribution in [0.3, 0.4) is 0 Å². The summed E-state index contributed by atoms with van der Waals surface area (Å²) in [6.45, 7) is 2.12. The van der Waals surface area contributed by atoms with Crippen LogP contribution in [0.2, 0.25) is 0 Å². The van der Waals surface area contributed by atoms with E-state index in [0.717, 1.165) is 5.56 Å². The lowest BCUT2D eigenvalue weighted by Crippen LogP contribution is -2.34. The molecule has 0 saturated heterocycles. The molecule has 0 radical (unpaired) electrons. The van der Waals surface area contributed by atoms with Crippen LogP contribution in [0.1, 0.15) is 18.9 Å². The number of aryl methyl sites for hydroxylation is 1. The first-order chi connectivity index (χ1) is 9.04. The number of amides is 1. The fourth-order valence-corrected chi connectivity index (χ4v) is 1.78. The Morgan fingerprint density at radius 3 is 2.79 bits per heavy atom. The predicted molar refractivity (Wildman–Crippen MR) is 71.4 cm³/mol. The van der Waals surface area contributed by atoms with Gasteiger partial charge in [-0.2, -0.15) is 0 Å². The summed E-state index contributed by atoms with van der Waals surface area (Å²) in [4.78, 5) is 28.8. The molecule has 1 aromatic heterocycles. The highest BCUT2D eigenvalue weighted by Crippen LogP contribution is 2.05. The maximum absolute atomic E-state index is 11.9. The number of pyridine rings is 1. The lowest BCUT2D eigenvalue weighted by molar-refractivity contribution is -0.146. The molecule has 0 aliphatic heterocycles. The monoisotopic (exact) mass is 264 g/mol. The maximum Gasteiger partial charge on any atom is 0.310 e. The molecule has 1 rings (SSSR count). The molecule has 1 unspecified atom stereocenters. The molecule has 0 spiro atoms. The highest BCUT2D eigenvalue weighted by Gasteiger charge is 2.18. The highest BCUT2D eigenvalue weighted by molar-refractivity contribution is 5.77. The zero-order valence-electron chi connectivity index (χ0n) is 11.6. The van der Waals surface area contributed by atoms with Crippen LogP contribution in [0, 0.1) is 5.92 Å². The van der Waals surface area contributed by atoms with E-state index in [4.69, 9.17) is 0 Å². The first kappa shape index (κ1) is 15.1. The van der Waals surface area contributed by atoms with Crippen molar-refractivity contribution in [1.82, 2.24) is 9.88 Å². The van der Waals surface area contributed by atoms with Gasteiger partial charge in [0.2, 0.25) is 5.91 Å². The van der Waals surface area contributed by atoms with Crippen LogP contribution in [0.15, 0.2) is 24.5 Å². The average Bonchev–Trinajstić information content (AvgIpc) is 2.44. The van der Waals surface area contributed by atoms with Gasteiger partial charge in [0.1, 0.15) is 0 Å². The summed E-state index contributed by atoms with van der Waals surface area (Å²) in [5.41, 5.74) is 1.03. The van der Waals surface area contributed by atoms with Crippen LogP contribution in [0.4, 0.5) is 0 Å². The Morgan fingerprint density at radius 2 is 2.21 bits per heavy atom. The summed E-state index contributed by atoms with van der Waals surface area (Å²) < 4.78 is 4.64. The summed E-state index contributed by atoms with van der Waals surface area (Å²) >= 11 is 0. The number of nitrogens with zero attached hydrogens (tertiary/aromatic N) is 2. The minimum Gasteiger partial charge on any atom is -0.469 e. The normalized spacial score (nSPS) is 11.7. The third kappa shape index (κ3) is 5.07. The van der Waals surface area contributed by atoms with Crippen molar-refractivity contribution in [3.8, 4) is 0 Å². The third-order valence-corrected chi connectivity index (χ3v) is 2.93. The lowest BCUT2D eigenvalue weighted by atomic mass is 10.1. The Balaban J connectivity index is 2.39. The number of esters is 1. The molecule has 1 atom stereocenters. The van der Waals surface area contributed by atoms with E-state index >= 15 is 0 Å². The van der Waals surface area contributed by atoms with Gasteiger partial charge in [-0.3, -0.25) is 14.6 Å². The molecule has 0 N–H and O–H groups in total. The minimum absolute atomic E-state index is 0.0135. The van der Waals surface area contributed by atoms with E-state index in [1.165, 1.54) is 7.11 Å². The van der Waals surface area contributed by atoms with E-state index in [1.807, 2.05) is 12.1 Å². The first-order valence-electron chi connectivity index (χ1n) is 6.25. The van der Waals surface area contributed by atoms with Crippen molar-refractivity contribution in [2.45, 2.75) is 19.8 Å². The van der Waals surface area contributed by atoms with Crippen molar-refractivity contribution < 1.29 is 14.3 Å². The van der Waals surface area contributed by atoms with Gasteiger partial charge in [0, 0.05) is 32.4 Å². The van der Waals surface area contributed by atoms with Gasteiger partial charge in [0.05, 0.1) is 13.0 Å². The number of aromatic nitrogens is 1. The van der Waals surface area contributed by atoms with E-state index < -0.39 is 0 Å². The number of methoxy groups -OCH3 is 1. The molecule has 0 bridgehead atoms. The van der Waals surface area contributed by atoms with Gasteiger partial charge >= 0.3 is 5.97 Å². The van der Waals surface area contributed by atoms with Crippen molar-refractivity contribution >= 4 is 11.9 Å². The first-order valence-corrected chi connectivity index (χ1v) is 6.25. The second-order valence-corrected chi connectivity index (χ2v) is 4.56. The zero-order chi connectivity index (χ0) is 14.3. The average molecular weight is 264 g/mol. The van der Waals surface area contributed by atoms with Crippen molar-refractivity contribution in [3.05, 3.63) is 30.1 Å². The Hall–Kier alpha value is -1.91. The van der Waals surface area contributed by atoms with Gasteiger partial charge in [0.15, 0.2) is 0 Å². The highest BCUT2D eigenvalue weighted by atomic mass is 16.5.